The van der Waals surface area contributed by atoms with E-state index in [-0.39, 0.29) is 23.5 Å². The van der Waals surface area contributed by atoms with Crippen LogP contribution < -0.4 is 21.5 Å². The molecule has 0 saturated heterocycles. The van der Waals surface area contributed by atoms with Crippen molar-refractivity contribution in [1.29, 1.82) is 0 Å². The molecule has 0 unspecified atom stereocenters. The lowest BCUT2D eigenvalue weighted by molar-refractivity contribution is -0.685. The summed E-state index contributed by atoms with van der Waals surface area (Å²) in [6.07, 6.45) is 3.51. The van der Waals surface area contributed by atoms with Crippen LogP contribution in [-0.2, 0) is 11.3 Å². The largest absolute Gasteiger partial charge is 1.00 e. The Bertz CT molecular complexity index is 258. The maximum Gasteiger partial charge on any atom is 0.370 e. The Labute approximate surface area is 81.4 Å². The van der Waals surface area contributed by atoms with Gasteiger partial charge in [-0.2, -0.15) is 4.57 Å². The van der Waals surface area contributed by atoms with Gasteiger partial charge in [-0.05, 0) is 12.5 Å². The van der Waals surface area contributed by atoms with E-state index < -0.39 is 5.97 Å². The van der Waals surface area contributed by atoms with Crippen molar-refractivity contribution in [1.82, 2.24) is 0 Å². The molecule has 0 aliphatic rings. The third-order valence-corrected chi connectivity index (χ3v) is 1.38. The van der Waals surface area contributed by atoms with Crippen molar-refractivity contribution in [2.24, 2.45) is 0 Å². The SMILES string of the molecule is Cc1cc[n+](CC(=O)O)cc1.[Br-]. The lowest BCUT2D eigenvalue weighted by atomic mass is 10.3. The number of nitrogens with zero attached hydrogens (tertiary/aromatic N) is 1. The van der Waals surface area contributed by atoms with Crippen LogP contribution in [0.15, 0.2) is 24.5 Å². The van der Waals surface area contributed by atoms with Crippen molar-refractivity contribution in [3.05, 3.63) is 30.1 Å². The molecule has 0 amide bonds. The Balaban J connectivity index is 0.00000121. The van der Waals surface area contributed by atoms with Crippen LogP contribution in [0.25, 0.3) is 0 Å². The number of halogens is 1. The minimum Gasteiger partial charge on any atom is -1.00 e. The molecule has 0 aliphatic heterocycles. The van der Waals surface area contributed by atoms with Gasteiger partial charge in [-0.1, -0.05) is 0 Å². The van der Waals surface area contributed by atoms with Crippen LogP contribution in [-0.4, -0.2) is 11.1 Å². The van der Waals surface area contributed by atoms with E-state index in [2.05, 4.69) is 0 Å². The number of aryl methyl sites for hydroxylation is 1. The Morgan fingerprint density at radius 1 is 1.50 bits per heavy atom. The van der Waals surface area contributed by atoms with Gasteiger partial charge < -0.3 is 22.1 Å². The quantitative estimate of drug-likeness (QED) is 0.567. The summed E-state index contributed by atoms with van der Waals surface area (Å²) in [6.45, 7) is 1.99. The number of carboxylic acids is 1. The second-order valence-electron chi connectivity index (χ2n) is 2.44. The summed E-state index contributed by atoms with van der Waals surface area (Å²) in [5.41, 5.74) is 1.13. The highest BCUT2D eigenvalue weighted by molar-refractivity contribution is 5.64. The summed E-state index contributed by atoms with van der Waals surface area (Å²) < 4.78 is 1.62. The lowest BCUT2D eigenvalue weighted by Gasteiger charge is -1.91. The molecular weight excluding hydrogens is 222 g/mol. The molecule has 3 nitrogen and oxygen atoms in total. The minimum atomic E-state index is -0.821. The third kappa shape index (κ3) is 3.48. The summed E-state index contributed by atoms with van der Waals surface area (Å²) >= 11 is 0. The Kier molecular flexibility index (Phi) is 4.51. The fraction of sp³-hybridized carbons (Fsp3) is 0.250. The van der Waals surface area contributed by atoms with E-state index in [0.717, 1.165) is 5.56 Å². The van der Waals surface area contributed by atoms with Gasteiger partial charge in [0.05, 0.1) is 0 Å². The lowest BCUT2D eigenvalue weighted by Crippen LogP contribution is -3.00. The molecule has 1 N–H and O–H groups in total. The second kappa shape index (κ2) is 4.87. The Morgan fingerprint density at radius 3 is 2.42 bits per heavy atom. The summed E-state index contributed by atoms with van der Waals surface area (Å²) in [5, 5.41) is 8.42. The van der Waals surface area contributed by atoms with E-state index in [0.29, 0.717) is 0 Å². The van der Waals surface area contributed by atoms with Crippen molar-refractivity contribution >= 4 is 5.97 Å². The first-order valence-corrected chi connectivity index (χ1v) is 3.36. The molecule has 0 saturated carbocycles. The molecule has 1 heterocycles. The fourth-order valence-electron chi connectivity index (χ4n) is 0.793. The number of carbonyl (C=O) groups is 1. The summed E-state index contributed by atoms with van der Waals surface area (Å²) in [7, 11) is 0. The number of carboxylic acid groups (broad SMARTS) is 1. The number of aliphatic carboxylic acids is 1. The number of aromatic nitrogens is 1. The van der Waals surface area contributed by atoms with Gasteiger partial charge in [-0.15, -0.1) is 0 Å². The standard InChI is InChI=1S/C8H9NO2.BrH/c1-7-2-4-9(5-3-7)6-8(10)11;/h2-5H,6H2,1H3;1H. The van der Waals surface area contributed by atoms with Crippen LogP contribution >= 0.6 is 0 Å². The monoisotopic (exact) mass is 231 g/mol. The molecular formula is C8H10BrNO2. The van der Waals surface area contributed by atoms with Gasteiger partial charge in [0.15, 0.2) is 12.4 Å². The zero-order valence-electron chi connectivity index (χ0n) is 6.70. The zero-order chi connectivity index (χ0) is 8.27. The van der Waals surface area contributed by atoms with E-state index in [1.54, 1.807) is 17.0 Å². The van der Waals surface area contributed by atoms with Gasteiger partial charge in [-0.25, -0.2) is 4.79 Å². The van der Waals surface area contributed by atoms with Crippen molar-refractivity contribution in [2.75, 3.05) is 0 Å². The molecule has 0 aliphatic carbocycles. The number of hydrogen-bond donors (Lipinski definition) is 1. The highest BCUT2D eigenvalue weighted by Gasteiger charge is 2.04. The van der Waals surface area contributed by atoms with E-state index in [9.17, 15) is 4.79 Å². The molecule has 1 aromatic rings. The molecule has 0 radical (unpaired) electrons. The first-order valence-electron chi connectivity index (χ1n) is 3.36. The Hall–Kier alpha value is -0.900. The number of pyridine rings is 1. The zero-order valence-corrected chi connectivity index (χ0v) is 8.28. The van der Waals surface area contributed by atoms with Gasteiger partial charge in [0.2, 0.25) is 6.54 Å². The molecule has 66 valence electrons. The van der Waals surface area contributed by atoms with Crippen LogP contribution in [0.4, 0.5) is 0 Å². The first-order chi connectivity index (χ1) is 5.18. The third-order valence-electron chi connectivity index (χ3n) is 1.38. The molecule has 0 bridgehead atoms. The van der Waals surface area contributed by atoms with Crippen LogP contribution in [0.2, 0.25) is 0 Å². The fourth-order valence-corrected chi connectivity index (χ4v) is 0.793. The molecule has 1 rings (SSSR count). The summed E-state index contributed by atoms with van der Waals surface area (Å²) in [5.74, 6) is -0.821. The summed E-state index contributed by atoms with van der Waals surface area (Å²) in [4.78, 5) is 10.2. The average Bonchev–Trinajstić information content (AvgIpc) is 1.93. The number of rotatable bonds is 2. The summed E-state index contributed by atoms with van der Waals surface area (Å²) in [6, 6.07) is 3.76. The first kappa shape index (κ1) is 11.1. The maximum absolute atomic E-state index is 10.2. The van der Waals surface area contributed by atoms with Crippen molar-refractivity contribution in [2.45, 2.75) is 13.5 Å². The van der Waals surface area contributed by atoms with Gasteiger partial charge >= 0.3 is 5.97 Å². The molecule has 1 aromatic heterocycles. The van der Waals surface area contributed by atoms with Gasteiger partial charge in [0.25, 0.3) is 0 Å². The Morgan fingerprint density at radius 2 is 2.00 bits per heavy atom. The molecule has 0 spiro atoms. The molecule has 0 fully saturated rings. The van der Waals surface area contributed by atoms with Crippen LogP contribution in [0, 0.1) is 6.92 Å². The van der Waals surface area contributed by atoms with Gasteiger partial charge in [0.1, 0.15) is 0 Å². The normalized spacial score (nSPS) is 8.75. The van der Waals surface area contributed by atoms with E-state index in [1.165, 1.54) is 0 Å². The predicted molar refractivity (Wildman–Crippen MR) is 39.0 cm³/mol. The second-order valence-corrected chi connectivity index (χ2v) is 2.44. The van der Waals surface area contributed by atoms with Gasteiger partial charge in [0, 0.05) is 12.1 Å². The molecule has 0 atom stereocenters. The minimum absolute atomic E-state index is 0. The molecule has 0 aromatic carbocycles. The predicted octanol–water partition coefficient (Wildman–Crippen LogP) is -2.63. The molecule has 12 heavy (non-hydrogen) atoms. The van der Waals surface area contributed by atoms with Crippen LogP contribution in [0.5, 0.6) is 0 Å². The van der Waals surface area contributed by atoms with Crippen molar-refractivity contribution in [3.63, 3.8) is 0 Å². The van der Waals surface area contributed by atoms with Crippen molar-refractivity contribution < 1.29 is 31.4 Å². The van der Waals surface area contributed by atoms with Crippen LogP contribution in [0.1, 0.15) is 5.56 Å². The maximum atomic E-state index is 10.2. The van der Waals surface area contributed by atoms with Gasteiger partial charge in [-0.3, -0.25) is 0 Å². The average molecular weight is 232 g/mol. The highest BCUT2D eigenvalue weighted by Crippen LogP contribution is 1.89. The smallest absolute Gasteiger partial charge is 0.370 e. The van der Waals surface area contributed by atoms with E-state index >= 15 is 0 Å². The van der Waals surface area contributed by atoms with E-state index in [1.807, 2.05) is 19.1 Å². The molecule has 4 heteroatoms. The topological polar surface area (TPSA) is 41.2 Å². The highest BCUT2D eigenvalue weighted by atomic mass is 79.9. The van der Waals surface area contributed by atoms with E-state index in [4.69, 9.17) is 5.11 Å². The van der Waals surface area contributed by atoms with Crippen LogP contribution in [0.3, 0.4) is 0 Å². The number of hydrogen-bond acceptors (Lipinski definition) is 1. The van der Waals surface area contributed by atoms with Crippen molar-refractivity contribution in [3.8, 4) is 0 Å².